The van der Waals surface area contributed by atoms with Gasteiger partial charge in [-0.15, -0.1) is 0 Å². The van der Waals surface area contributed by atoms with E-state index in [1.54, 1.807) is 6.08 Å². The van der Waals surface area contributed by atoms with Crippen LogP contribution in [0.1, 0.15) is 20.8 Å². The van der Waals surface area contributed by atoms with Crippen LogP contribution in [0.25, 0.3) is 0 Å². The number of hydrogen-bond acceptors (Lipinski definition) is 0. The van der Waals surface area contributed by atoms with Gasteiger partial charge >= 0.3 is 0 Å². The molecule has 0 aromatic rings. The van der Waals surface area contributed by atoms with E-state index in [0.717, 1.165) is 0 Å². The molecule has 0 nitrogen and oxygen atoms in total. The third-order valence-electron chi connectivity index (χ3n) is 1.24. The molecule has 0 bridgehead atoms. The van der Waals surface area contributed by atoms with Crippen LogP contribution in [0, 0.1) is 5.41 Å². The highest BCUT2D eigenvalue weighted by atomic mass is 19.1. The Hall–Kier alpha value is -1.11. The molecule has 0 saturated heterocycles. The Morgan fingerprint density at radius 1 is 1.23 bits per heavy atom. The second-order valence-electron chi connectivity index (χ2n) is 3.87. The molecule has 0 saturated carbocycles. The van der Waals surface area contributed by atoms with Crippen molar-refractivity contribution < 1.29 is 4.39 Å². The van der Waals surface area contributed by atoms with Crippen molar-refractivity contribution in [3.63, 3.8) is 0 Å². The van der Waals surface area contributed by atoms with Crippen LogP contribution in [0.3, 0.4) is 0 Å². The maximum Gasteiger partial charge on any atom is 0.123 e. The molecule has 0 rings (SSSR count). The molecule has 0 radical (unpaired) electrons. The lowest BCUT2D eigenvalue weighted by molar-refractivity contribution is 0.544. The molecule has 0 N–H and O–H groups in total. The second kappa shape index (κ2) is 5.52. The first kappa shape index (κ1) is 11.9. The average molecular weight is 180 g/mol. The first-order valence-electron chi connectivity index (χ1n) is 4.30. The van der Waals surface area contributed by atoms with E-state index in [4.69, 9.17) is 0 Å². The summed E-state index contributed by atoms with van der Waals surface area (Å²) in [7, 11) is 0. The van der Waals surface area contributed by atoms with Crippen molar-refractivity contribution in [2.75, 3.05) is 0 Å². The van der Waals surface area contributed by atoms with Gasteiger partial charge < -0.3 is 0 Å². The molecule has 1 heteroatoms. The van der Waals surface area contributed by atoms with E-state index < -0.39 is 0 Å². The van der Waals surface area contributed by atoms with Crippen molar-refractivity contribution in [2.24, 2.45) is 5.41 Å². The van der Waals surface area contributed by atoms with Crippen LogP contribution < -0.4 is 0 Å². The van der Waals surface area contributed by atoms with Crippen molar-refractivity contribution in [1.82, 2.24) is 0 Å². The van der Waals surface area contributed by atoms with Crippen LogP contribution in [-0.4, -0.2) is 0 Å². The Balaban J connectivity index is 4.09. The fourth-order valence-corrected chi connectivity index (χ4v) is 0.660. The summed E-state index contributed by atoms with van der Waals surface area (Å²) in [5.41, 5.74) is 0.142. The van der Waals surface area contributed by atoms with Crippen LogP contribution in [0.15, 0.2) is 48.9 Å². The SMILES string of the molecule is C=C\C=C(F)/C=C\C=C\C(C)(C)C. The minimum atomic E-state index is -0.284. The molecule has 0 heterocycles. The number of halogens is 1. The monoisotopic (exact) mass is 180 g/mol. The molecule has 13 heavy (non-hydrogen) atoms. The molecular formula is C12H17F. The van der Waals surface area contributed by atoms with Gasteiger partial charge in [0, 0.05) is 0 Å². The highest BCUT2D eigenvalue weighted by Crippen LogP contribution is 2.14. The molecule has 0 aromatic carbocycles. The lowest BCUT2D eigenvalue weighted by atomic mass is 9.96. The normalized spacial score (nSPS) is 14.3. The van der Waals surface area contributed by atoms with E-state index in [1.807, 2.05) is 12.2 Å². The molecule has 0 aromatic heterocycles. The highest BCUT2D eigenvalue weighted by molar-refractivity contribution is 5.20. The summed E-state index contributed by atoms with van der Waals surface area (Å²) >= 11 is 0. The van der Waals surface area contributed by atoms with Crippen molar-refractivity contribution in [3.05, 3.63) is 48.9 Å². The Labute approximate surface area is 80.2 Å². The Morgan fingerprint density at radius 2 is 1.85 bits per heavy atom. The number of hydrogen-bond donors (Lipinski definition) is 0. The lowest BCUT2D eigenvalue weighted by Gasteiger charge is -2.09. The molecule has 0 aliphatic carbocycles. The fourth-order valence-electron chi connectivity index (χ4n) is 0.660. The molecule has 0 aliphatic heterocycles. The van der Waals surface area contributed by atoms with E-state index in [-0.39, 0.29) is 11.2 Å². The van der Waals surface area contributed by atoms with E-state index >= 15 is 0 Å². The summed E-state index contributed by atoms with van der Waals surface area (Å²) in [5, 5.41) is 0. The minimum absolute atomic E-state index is 0.142. The van der Waals surface area contributed by atoms with Gasteiger partial charge in [-0.25, -0.2) is 4.39 Å². The van der Waals surface area contributed by atoms with E-state index in [2.05, 4.69) is 27.4 Å². The molecule has 0 atom stereocenters. The molecule has 0 spiro atoms. The summed E-state index contributed by atoms with van der Waals surface area (Å²) in [6, 6.07) is 0. The molecule has 72 valence electrons. The van der Waals surface area contributed by atoms with E-state index in [0.29, 0.717) is 0 Å². The Bertz CT molecular complexity index is 236. The topological polar surface area (TPSA) is 0 Å². The van der Waals surface area contributed by atoms with E-state index in [1.165, 1.54) is 18.2 Å². The largest absolute Gasteiger partial charge is 0.207 e. The zero-order valence-corrected chi connectivity index (χ0v) is 8.55. The average Bonchev–Trinajstić information content (AvgIpc) is 1.97. The first-order chi connectivity index (χ1) is 5.95. The van der Waals surface area contributed by atoms with Crippen molar-refractivity contribution in [1.29, 1.82) is 0 Å². The zero-order chi connectivity index (χ0) is 10.3. The lowest BCUT2D eigenvalue weighted by Crippen LogP contribution is -1.97. The summed E-state index contributed by atoms with van der Waals surface area (Å²) in [4.78, 5) is 0. The predicted molar refractivity (Wildman–Crippen MR) is 57.1 cm³/mol. The molecule has 0 fully saturated rings. The molecule has 0 aliphatic rings. The van der Waals surface area contributed by atoms with Gasteiger partial charge in [0.25, 0.3) is 0 Å². The smallest absolute Gasteiger partial charge is 0.123 e. The highest BCUT2D eigenvalue weighted by Gasteiger charge is 2.01. The second-order valence-corrected chi connectivity index (χ2v) is 3.87. The third kappa shape index (κ3) is 8.80. The van der Waals surface area contributed by atoms with Crippen molar-refractivity contribution >= 4 is 0 Å². The quantitative estimate of drug-likeness (QED) is 0.571. The van der Waals surface area contributed by atoms with Gasteiger partial charge in [0.05, 0.1) is 0 Å². The minimum Gasteiger partial charge on any atom is -0.207 e. The van der Waals surface area contributed by atoms with Crippen LogP contribution in [0.5, 0.6) is 0 Å². The van der Waals surface area contributed by atoms with Crippen LogP contribution in [0.4, 0.5) is 4.39 Å². The first-order valence-corrected chi connectivity index (χ1v) is 4.30. The summed E-state index contributed by atoms with van der Waals surface area (Å²) in [6.45, 7) is 9.67. The van der Waals surface area contributed by atoms with Gasteiger partial charge in [0.15, 0.2) is 0 Å². The van der Waals surface area contributed by atoms with Crippen molar-refractivity contribution in [3.8, 4) is 0 Å². The molecule has 0 amide bonds. The maximum absolute atomic E-state index is 12.7. The van der Waals surface area contributed by atoms with Gasteiger partial charge in [-0.3, -0.25) is 0 Å². The fraction of sp³-hybridized carbons (Fsp3) is 0.333. The third-order valence-corrected chi connectivity index (χ3v) is 1.24. The summed E-state index contributed by atoms with van der Waals surface area (Å²) in [6.07, 6.45) is 9.69. The van der Waals surface area contributed by atoms with Gasteiger partial charge in [-0.2, -0.15) is 0 Å². The van der Waals surface area contributed by atoms with Crippen LogP contribution in [-0.2, 0) is 0 Å². The molecular weight excluding hydrogens is 163 g/mol. The Morgan fingerprint density at radius 3 is 2.31 bits per heavy atom. The number of allylic oxidation sites excluding steroid dienone is 7. The Kier molecular flexibility index (Phi) is 5.05. The summed E-state index contributed by atoms with van der Waals surface area (Å²) < 4.78 is 12.7. The molecule has 0 unspecified atom stereocenters. The van der Waals surface area contributed by atoms with Crippen molar-refractivity contribution in [2.45, 2.75) is 20.8 Å². The van der Waals surface area contributed by atoms with Crippen LogP contribution in [0.2, 0.25) is 0 Å². The maximum atomic E-state index is 12.7. The standard InChI is InChI=1S/C12H17F/c1-5-8-11(13)9-6-7-10-12(2,3)4/h5-10H,1H2,2-4H3/b9-6-,10-7+,11-8+. The van der Waals surface area contributed by atoms with E-state index in [9.17, 15) is 4.39 Å². The van der Waals surface area contributed by atoms with Gasteiger partial charge in [-0.1, -0.05) is 51.7 Å². The number of rotatable bonds is 3. The predicted octanol–water partition coefficient (Wildman–Crippen LogP) is 4.18. The summed E-state index contributed by atoms with van der Waals surface area (Å²) in [5.74, 6) is -0.284. The van der Waals surface area contributed by atoms with Gasteiger partial charge in [0.1, 0.15) is 5.83 Å². The van der Waals surface area contributed by atoms with Gasteiger partial charge in [-0.05, 0) is 17.6 Å². The van der Waals surface area contributed by atoms with Crippen LogP contribution >= 0.6 is 0 Å². The zero-order valence-electron chi connectivity index (χ0n) is 8.55. The van der Waals surface area contributed by atoms with Gasteiger partial charge in [0.2, 0.25) is 0 Å².